The molecule has 0 spiro atoms. The van der Waals surface area contributed by atoms with Crippen LogP contribution >= 0.6 is 12.4 Å². The van der Waals surface area contributed by atoms with Crippen molar-refractivity contribution < 1.29 is 9.59 Å². The Morgan fingerprint density at radius 1 is 1.17 bits per heavy atom. The van der Waals surface area contributed by atoms with Gasteiger partial charge in [0.25, 0.3) is 0 Å². The number of nitrogens with one attached hydrogen (secondary N) is 1. The van der Waals surface area contributed by atoms with E-state index in [4.69, 9.17) is 5.73 Å². The molecule has 3 N–H and O–H groups in total. The van der Waals surface area contributed by atoms with Crippen molar-refractivity contribution in [1.29, 1.82) is 0 Å². The first kappa shape index (κ1) is 16.5. The predicted octanol–water partition coefficient (Wildman–Crippen LogP) is 2.94. The Balaban J connectivity index is 0.00000156. The maximum absolute atomic E-state index is 12.6. The molecule has 124 valence electrons. The van der Waals surface area contributed by atoms with Crippen LogP contribution in [0.4, 0.5) is 5.69 Å². The summed E-state index contributed by atoms with van der Waals surface area (Å²) in [5.74, 6) is 1.12. The van der Waals surface area contributed by atoms with Gasteiger partial charge in [-0.2, -0.15) is 0 Å². The second-order valence-electron chi connectivity index (χ2n) is 7.07. The SMILES string of the molecule is Cl.NC1C2CCC(C2)C1C(=O)Nc1ccc2c(c1)C(=O)CCC2. The lowest BCUT2D eigenvalue weighted by Crippen LogP contribution is -2.42. The molecule has 1 aromatic rings. The highest BCUT2D eigenvalue weighted by molar-refractivity contribution is 6.01. The highest BCUT2D eigenvalue weighted by Gasteiger charge is 2.49. The van der Waals surface area contributed by atoms with Gasteiger partial charge in [-0.25, -0.2) is 0 Å². The second-order valence-corrected chi connectivity index (χ2v) is 7.07. The van der Waals surface area contributed by atoms with E-state index in [2.05, 4.69) is 5.32 Å². The van der Waals surface area contributed by atoms with Gasteiger partial charge in [-0.1, -0.05) is 6.07 Å². The van der Waals surface area contributed by atoms with E-state index in [1.54, 1.807) is 0 Å². The molecule has 1 amide bonds. The van der Waals surface area contributed by atoms with Crippen LogP contribution in [-0.2, 0) is 11.2 Å². The quantitative estimate of drug-likeness (QED) is 0.873. The standard InChI is InChI=1S/C18H22N2O2.ClH/c19-17-12-5-4-11(8-12)16(17)18(22)20-13-7-6-10-2-1-3-15(21)14(10)9-13;/h6-7,9,11-12,16-17H,1-5,8,19H2,(H,20,22);1H. The fraction of sp³-hybridized carbons (Fsp3) is 0.556. The van der Waals surface area contributed by atoms with Crippen molar-refractivity contribution in [2.45, 2.75) is 44.6 Å². The van der Waals surface area contributed by atoms with Gasteiger partial charge in [0.15, 0.2) is 5.78 Å². The van der Waals surface area contributed by atoms with E-state index >= 15 is 0 Å². The molecule has 4 nitrogen and oxygen atoms in total. The lowest BCUT2D eigenvalue weighted by Gasteiger charge is -2.27. The number of rotatable bonds is 2. The first-order valence-electron chi connectivity index (χ1n) is 8.36. The molecule has 0 aromatic heterocycles. The lowest BCUT2D eigenvalue weighted by atomic mass is 9.84. The summed E-state index contributed by atoms with van der Waals surface area (Å²) in [7, 11) is 0. The van der Waals surface area contributed by atoms with Crippen LogP contribution in [0.3, 0.4) is 0 Å². The van der Waals surface area contributed by atoms with Crippen molar-refractivity contribution in [3.8, 4) is 0 Å². The number of carbonyl (C=O) groups is 2. The van der Waals surface area contributed by atoms with Gasteiger partial charge in [0.1, 0.15) is 0 Å². The van der Waals surface area contributed by atoms with E-state index in [1.807, 2.05) is 18.2 Å². The molecule has 4 atom stereocenters. The van der Waals surface area contributed by atoms with E-state index < -0.39 is 0 Å². The molecule has 3 aliphatic carbocycles. The number of carbonyl (C=O) groups excluding carboxylic acids is 2. The fourth-order valence-corrected chi connectivity index (χ4v) is 4.66. The summed E-state index contributed by atoms with van der Waals surface area (Å²) in [6, 6.07) is 5.72. The van der Waals surface area contributed by atoms with Crippen molar-refractivity contribution in [1.82, 2.24) is 0 Å². The van der Waals surface area contributed by atoms with E-state index in [1.165, 1.54) is 6.42 Å². The number of fused-ring (bicyclic) bond motifs is 3. The summed E-state index contributed by atoms with van der Waals surface area (Å²) in [5.41, 5.74) is 8.85. The van der Waals surface area contributed by atoms with Crippen LogP contribution in [0.5, 0.6) is 0 Å². The second kappa shape index (κ2) is 6.25. The van der Waals surface area contributed by atoms with Gasteiger partial charge in [0.05, 0.1) is 5.92 Å². The van der Waals surface area contributed by atoms with Crippen LogP contribution in [0.2, 0.25) is 0 Å². The predicted molar refractivity (Wildman–Crippen MR) is 91.9 cm³/mol. The fourth-order valence-electron chi connectivity index (χ4n) is 4.66. The molecule has 2 fully saturated rings. The molecule has 3 aliphatic rings. The summed E-state index contributed by atoms with van der Waals surface area (Å²) >= 11 is 0. The number of amides is 1. The van der Waals surface area contributed by atoms with E-state index in [0.29, 0.717) is 18.3 Å². The molecule has 0 radical (unpaired) electrons. The van der Waals surface area contributed by atoms with Crippen molar-refractivity contribution in [2.75, 3.05) is 5.32 Å². The van der Waals surface area contributed by atoms with Crippen molar-refractivity contribution in [3.05, 3.63) is 29.3 Å². The number of aryl methyl sites for hydroxylation is 1. The number of hydrogen-bond donors (Lipinski definition) is 2. The molecule has 0 heterocycles. The van der Waals surface area contributed by atoms with E-state index in [9.17, 15) is 9.59 Å². The maximum atomic E-state index is 12.6. The van der Waals surface area contributed by atoms with Crippen LogP contribution in [0, 0.1) is 17.8 Å². The third-order valence-electron chi connectivity index (χ3n) is 5.81. The minimum absolute atomic E-state index is 0. The van der Waals surface area contributed by atoms with Crippen molar-refractivity contribution >= 4 is 29.8 Å². The Hall–Kier alpha value is -1.39. The zero-order chi connectivity index (χ0) is 15.3. The topological polar surface area (TPSA) is 72.2 Å². The lowest BCUT2D eigenvalue weighted by molar-refractivity contribution is -0.121. The number of anilines is 1. The normalized spacial score (nSPS) is 31.4. The Labute approximate surface area is 142 Å². The number of ketones is 1. The third-order valence-corrected chi connectivity index (χ3v) is 5.81. The molecule has 2 bridgehead atoms. The minimum atomic E-state index is -0.0644. The Bertz CT molecular complexity index is 644. The van der Waals surface area contributed by atoms with Gasteiger partial charge < -0.3 is 11.1 Å². The first-order valence-corrected chi connectivity index (χ1v) is 8.36. The molecule has 23 heavy (non-hydrogen) atoms. The van der Waals surface area contributed by atoms with Crippen molar-refractivity contribution in [2.24, 2.45) is 23.5 Å². The first-order chi connectivity index (χ1) is 10.6. The van der Waals surface area contributed by atoms with Gasteiger partial charge >= 0.3 is 0 Å². The van der Waals surface area contributed by atoms with Crippen LogP contribution in [0.15, 0.2) is 18.2 Å². The highest BCUT2D eigenvalue weighted by atomic mass is 35.5. The summed E-state index contributed by atoms with van der Waals surface area (Å²) in [6.07, 6.45) is 5.88. The zero-order valence-corrected chi connectivity index (χ0v) is 13.9. The van der Waals surface area contributed by atoms with Gasteiger partial charge in [0, 0.05) is 23.7 Å². The van der Waals surface area contributed by atoms with Gasteiger partial charge in [0.2, 0.25) is 5.91 Å². The largest absolute Gasteiger partial charge is 0.327 e. The Morgan fingerprint density at radius 2 is 1.96 bits per heavy atom. The number of benzene rings is 1. The van der Waals surface area contributed by atoms with Gasteiger partial charge in [-0.3, -0.25) is 9.59 Å². The van der Waals surface area contributed by atoms with Crippen LogP contribution < -0.4 is 11.1 Å². The summed E-state index contributed by atoms with van der Waals surface area (Å²) in [5, 5.41) is 3.00. The number of nitrogens with two attached hydrogens (primary N) is 1. The van der Waals surface area contributed by atoms with Crippen LogP contribution in [0.1, 0.15) is 48.0 Å². The minimum Gasteiger partial charge on any atom is -0.327 e. The summed E-state index contributed by atoms with van der Waals surface area (Å²) in [4.78, 5) is 24.6. The number of halogens is 1. The van der Waals surface area contributed by atoms with Gasteiger partial charge in [-0.05, 0) is 61.6 Å². The smallest absolute Gasteiger partial charge is 0.229 e. The molecule has 0 saturated heterocycles. The maximum Gasteiger partial charge on any atom is 0.229 e. The molecule has 5 heteroatoms. The molecule has 2 saturated carbocycles. The highest BCUT2D eigenvalue weighted by Crippen LogP contribution is 2.47. The van der Waals surface area contributed by atoms with Crippen LogP contribution in [-0.4, -0.2) is 17.7 Å². The Morgan fingerprint density at radius 3 is 2.70 bits per heavy atom. The average molecular weight is 335 g/mol. The summed E-state index contributed by atoms with van der Waals surface area (Å²) < 4.78 is 0. The number of hydrogen-bond acceptors (Lipinski definition) is 3. The molecule has 4 unspecified atom stereocenters. The molecule has 4 rings (SSSR count). The zero-order valence-electron chi connectivity index (χ0n) is 13.1. The monoisotopic (exact) mass is 334 g/mol. The van der Waals surface area contributed by atoms with E-state index in [0.717, 1.165) is 42.5 Å². The van der Waals surface area contributed by atoms with E-state index in [-0.39, 0.29) is 36.1 Å². The van der Waals surface area contributed by atoms with Crippen molar-refractivity contribution in [3.63, 3.8) is 0 Å². The Kier molecular flexibility index (Phi) is 4.47. The molecule has 1 aromatic carbocycles. The third kappa shape index (κ3) is 2.79. The van der Waals surface area contributed by atoms with Gasteiger partial charge in [-0.15, -0.1) is 12.4 Å². The number of Topliss-reactive ketones (excluding diaryl/α,β-unsaturated/α-hetero) is 1. The molecule has 0 aliphatic heterocycles. The molecular weight excluding hydrogens is 312 g/mol. The summed E-state index contributed by atoms with van der Waals surface area (Å²) in [6.45, 7) is 0. The average Bonchev–Trinajstić information content (AvgIpc) is 3.09. The molecular formula is C18H23ClN2O2. The van der Waals surface area contributed by atoms with Crippen LogP contribution in [0.25, 0.3) is 0 Å².